The molecule has 1 heterocycles. The third kappa shape index (κ3) is 5.87. The van der Waals surface area contributed by atoms with Crippen molar-refractivity contribution in [3.8, 4) is 0 Å². The predicted octanol–water partition coefficient (Wildman–Crippen LogP) is 7.77. The van der Waals surface area contributed by atoms with Crippen molar-refractivity contribution in [3.63, 3.8) is 0 Å². The predicted molar refractivity (Wildman–Crippen MR) is 146 cm³/mol. The van der Waals surface area contributed by atoms with Crippen molar-refractivity contribution >= 4 is 17.5 Å². The van der Waals surface area contributed by atoms with Gasteiger partial charge in [0.1, 0.15) is 5.54 Å². The Kier molecular flexibility index (Phi) is 8.71. The molecular weight excluding hydrogens is 582 g/mol. The van der Waals surface area contributed by atoms with Gasteiger partial charge >= 0.3 is 12.4 Å². The molecule has 0 spiro atoms. The van der Waals surface area contributed by atoms with Crippen LogP contribution >= 0.6 is 11.6 Å². The molecular formula is C31H25ClF6N2O2. The maximum absolute atomic E-state index is 14.9. The summed E-state index contributed by atoms with van der Waals surface area (Å²) in [7, 11) is 0.743. The van der Waals surface area contributed by atoms with E-state index in [1.165, 1.54) is 55.6 Å². The first-order valence-electron chi connectivity index (χ1n) is 12.6. The molecule has 4 nitrogen and oxygen atoms in total. The number of alkyl halides is 6. The minimum absolute atomic E-state index is 0.0404. The highest BCUT2D eigenvalue weighted by Gasteiger charge is 2.64. The summed E-state index contributed by atoms with van der Waals surface area (Å²) < 4.78 is 91.9. The van der Waals surface area contributed by atoms with Gasteiger partial charge in [-0.25, -0.2) is 0 Å². The van der Waals surface area contributed by atoms with Crippen LogP contribution in [0.1, 0.15) is 33.5 Å². The smallest absolute Gasteiger partial charge is 0.356 e. The number of ether oxygens (including phenoxy) is 1. The first-order chi connectivity index (χ1) is 19.7. The van der Waals surface area contributed by atoms with Gasteiger partial charge < -0.3 is 10.1 Å². The maximum atomic E-state index is 14.9. The summed E-state index contributed by atoms with van der Waals surface area (Å²) in [4.78, 5) is 18.4. The van der Waals surface area contributed by atoms with E-state index in [0.29, 0.717) is 5.56 Å². The zero-order valence-corrected chi connectivity index (χ0v) is 23.1. The second-order valence-corrected chi connectivity index (χ2v) is 10.1. The summed E-state index contributed by atoms with van der Waals surface area (Å²) in [5.74, 6) is -1.65. The lowest BCUT2D eigenvalue weighted by Gasteiger charge is -2.40. The lowest BCUT2D eigenvalue weighted by Crippen LogP contribution is -2.61. The molecule has 0 aliphatic rings. The first kappa shape index (κ1) is 31.1. The number of hydrogen-bond donors (Lipinski definition) is 1. The van der Waals surface area contributed by atoms with Crippen LogP contribution in [0.4, 0.5) is 26.3 Å². The minimum atomic E-state index is -5.27. The molecule has 0 aliphatic heterocycles. The molecule has 0 radical (unpaired) electrons. The van der Waals surface area contributed by atoms with Gasteiger partial charge in [-0.1, -0.05) is 84.4 Å². The summed E-state index contributed by atoms with van der Waals surface area (Å²) in [5.41, 5.74) is -6.89. The molecule has 42 heavy (non-hydrogen) atoms. The Morgan fingerprint density at radius 2 is 1.48 bits per heavy atom. The van der Waals surface area contributed by atoms with E-state index in [4.69, 9.17) is 16.3 Å². The van der Waals surface area contributed by atoms with Crippen molar-refractivity contribution in [2.75, 3.05) is 7.11 Å². The van der Waals surface area contributed by atoms with E-state index in [2.05, 4.69) is 10.3 Å². The van der Waals surface area contributed by atoms with Crippen LogP contribution in [-0.2, 0) is 33.3 Å². The van der Waals surface area contributed by atoms with Crippen molar-refractivity contribution in [3.05, 3.63) is 136 Å². The third-order valence-corrected chi connectivity index (χ3v) is 7.27. The highest BCUT2D eigenvalue weighted by Crippen LogP contribution is 2.45. The van der Waals surface area contributed by atoms with Gasteiger partial charge in [0.05, 0.1) is 16.3 Å². The normalized spacial score (nSPS) is 15.0. The molecule has 1 aromatic heterocycles. The third-order valence-electron chi connectivity index (χ3n) is 7.04. The fourth-order valence-corrected chi connectivity index (χ4v) is 5.06. The Balaban J connectivity index is 2.05. The molecule has 11 heteroatoms. The van der Waals surface area contributed by atoms with Gasteiger partial charge in [-0.15, -0.1) is 0 Å². The lowest BCUT2D eigenvalue weighted by atomic mass is 9.78. The van der Waals surface area contributed by atoms with Crippen molar-refractivity contribution in [2.45, 2.75) is 36.8 Å². The van der Waals surface area contributed by atoms with Gasteiger partial charge in [0.15, 0.2) is 0 Å². The number of hydrogen-bond acceptors (Lipinski definition) is 3. The molecule has 1 amide bonds. The van der Waals surface area contributed by atoms with Gasteiger partial charge in [0.25, 0.3) is 11.5 Å². The number of methoxy groups -OCH3 is 1. The molecule has 4 rings (SSSR count). The summed E-state index contributed by atoms with van der Waals surface area (Å²) in [5, 5.41) is 2.64. The summed E-state index contributed by atoms with van der Waals surface area (Å²) >= 11 is 6.05. The van der Waals surface area contributed by atoms with E-state index >= 15 is 0 Å². The van der Waals surface area contributed by atoms with E-state index < -0.39 is 40.5 Å². The molecule has 0 bridgehead atoms. The molecule has 0 unspecified atom stereocenters. The van der Waals surface area contributed by atoms with Crippen molar-refractivity contribution in [1.82, 2.24) is 10.3 Å². The van der Waals surface area contributed by atoms with E-state index in [1.807, 2.05) is 0 Å². The number of benzene rings is 3. The molecule has 1 N–H and O–H groups in total. The molecule has 3 aromatic carbocycles. The average Bonchev–Trinajstić information content (AvgIpc) is 2.94. The Bertz CT molecular complexity index is 1530. The van der Waals surface area contributed by atoms with Crippen LogP contribution in [0.3, 0.4) is 0 Å². The van der Waals surface area contributed by atoms with Gasteiger partial charge in [0.2, 0.25) is 0 Å². The molecule has 4 aromatic rings. The number of pyridine rings is 1. The van der Waals surface area contributed by atoms with Crippen molar-refractivity contribution in [2.24, 2.45) is 0 Å². The molecule has 2 atom stereocenters. The lowest BCUT2D eigenvalue weighted by molar-refractivity contribution is -0.266. The van der Waals surface area contributed by atoms with Crippen LogP contribution in [-0.4, -0.2) is 24.2 Å². The Morgan fingerprint density at radius 1 is 0.857 bits per heavy atom. The average molecular weight is 607 g/mol. The monoisotopic (exact) mass is 606 g/mol. The molecule has 0 saturated heterocycles. The quantitative estimate of drug-likeness (QED) is 0.209. The number of aryl methyl sites for hydroxylation is 1. The van der Waals surface area contributed by atoms with Crippen LogP contribution in [0, 0.1) is 6.92 Å². The molecule has 220 valence electrons. The number of carbonyl (C=O) groups is 1. The minimum Gasteiger partial charge on any atom is -0.356 e. The fraction of sp³-hybridized carbons (Fsp3) is 0.226. The number of amides is 1. The number of carbonyl (C=O) groups excluding carboxylic acids is 1. The number of nitrogens with zero attached hydrogens (tertiary/aromatic N) is 1. The van der Waals surface area contributed by atoms with Crippen LogP contribution in [0.2, 0.25) is 5.02 Å². The standard InChI is InChI=1S/C31H25ClF6N2O2/c1-20-13-14-23(17-25(20)30(33,34)35)28(18-21-9-5-3-6-10-21,26-16-15-24(32)19-39-26)40-27(41)29(42-2,31(36,37)38)22-11-7-4-8-12-22/h3-17,19H,18H2,1-2H3,(H,40,41)/t28-,29+/m1/s1. The van der Waals surface area contributed by atoms with E-state index in [-0.39, 0.29) is 28.3 Å². The van der Waals surface area contributed by atoms with E-state index in [9.17, 15) is 31.1 Å². The largest absolute Gasteiger partial charge is 0.430 e. The molecule has 0 fully saturated rings. The number of halogens is 7. The summed E-state index contributed by atoms with van der Waals surface area (Å²) in [6.45, 7) is 1.26. The van der Waals surface area contributed by atoms with Gasteiger partial charge in [-0.3, -0.25) is 9.78 Å². The Hall–Kier alpha value is -3.89. The first-order valence-corrected chi connectivity index (χ1v) is 13.0. The number of nitrogens with one attached hydrogen (secondary N) is 1. The maximum Gasteiger partial charge on any atom is 0.430 e. The van der Waals surface area contributed by atoms with Gasteiger partial charge in [0, 0.05) is 25.3 Å². The van der Waals surface area contributed by atoms with Crippen LogP contribution < -0.4 is 5.32 Å². The topological polar surface area (TPSA) is 51.2 Å². The van der Waals surface area contributed by atoms with E-state index in [0.717, 1.165) is 25.3 Å². The number of aromatic nitrogens is 1. The zero-order valence-electron chi connectivity index (χ0n) is 22.4. The fourth-order valence-electron chi connectivity index (χ4n) is 4.95. The SMILES string of the molecule is CO[C@](C(=O)N[C@](Cc1ccccc1)(c1ccc(C)c(C(F)(F)F)c1)c1ccc(Cl)cn1)(c1ccccc1)C(F)(F)F. The van der Waals surface area contributed by atoms with Crippen molar-refractivity contribution < 1.29 is 35.9 Å². The van der Waals surface area contributed by atoms with Gasteiger partial charge in [-0.2, -0.15) is 26.3 Å². The Morgan fingerprint density at radius 3 is 2.00 bits per heavy atom. The number of rotatable bonds is 8. The van der Waals surface area contributed by atoms with Crippen LogP contribution in [0.25, 0.3) is 0 Å². The van der Waals surface area contributed by atoms with Crippen molar-refractivity contribution in [1.29, 1.82) is 0 Å². The molecule has 0 aliphatic carbocycles. The second-order valence-electron chi connectivity index (χ2n) is 9.66. The molecule has 0 saturated carbocycles. The van der Waals surface area contributed by atoms with Crippen LogP contribution in [0.15, 0.2) is 97.2 Å². The summed E-state index contributed by atoms with van der Waals surface area (Å²) in [6.07, 6.45) is -9.13. The van der Waals surface area contributed by atoms with E-state index in [1.54, 1.807) is 30.3 Å². The summed E-state index contributed by atoms with van der Waals surface area (Å²) in [6, 6.07) is 20.7. The van der Waals surface area contributed by atoms with Gasteiger partial charge in [-0.05, 0) is 41.8 Å². The Labute approximate surface area is 243 Å². The highest BCUT2D eigenvalue weighted by atomic mass is 35.5. The van der Waals surface area contributed by atoms with Crippen LogP contribution in [0.5, 0.6) is 0 Å². The highest BCUT2D eigenvalue weighted by molar-refractivity contribution is 6.30. The second kappa shape index (κ2) is 11.8. The zero-order chi connectivity index (χ0) is 30.8.